The first kappa shape index (κ1) is 15.9. The van der Waals surface area contributed by atoms with E-state index in [1.165, 1.54) is 0 Å². The third-order valence-electron chi connectivity index (χ3n) is 3.75. The second kappa shape index (κ2) is 7.08. The van der Waals surface area contributed by atoms with E-state index in [9.17, 15) is 4.79 Å². The number of rotatable bonds is 5. The highest BCUT2D eigenvalue weighted by Crippen LogP contribution is 2.18. The van der Waals surface area contributed by atoms with Crippen LogP contribution in [0.25, 0.3) is 11.3 Å². The van der Waals surface area contributed by atoms with Crippen LogP contribution in [0.3, 0.4) is 0 Å². The van der Waals surface area contributed by atoms with Crippen LogP contribution in [0.15, 0.2) is 61.1 Å². The number of nitrogens with one attached hydrogen (secondary N) is 1. The number of carbonyl (C=O) groups is 1. The molecule has 0 fully saturated rings. The molecule has 0 aliphatic rings. The van der Waals surface area contributed by atoms with Gasteiger partial charge in [0.15, 0.2) is 0 Å². The molecule has 2 heterocycles. The molecule has 0 atom stereocenters. The fourth-order valence-electron chi connectivity index (χ4n) is 2.33. The monoisotopic (exact) mass is 320 g/mol. The number of benzene rings is 1. The van der Waals surface area contributed by atoms with E-state index < -0.39 is 0 Å². The highest BCUT2D eigenvalue weighted by Gasteiger charge is 2.09. The Morgan fingerprint density at radius 3 is 2.54 bits per heavy atom. The largest absolute Gasteiger partial charge is 0.348 e. The van der Waals surface area contributed by atoms with Gasteiger partial charge in [0.1, 0.15) is 0 Å². The van der Waals surface area contributed by atoms with Gasteiger partial charge in [-0.1, -0.05) is 30.3 Å². The molecule has 1 N–H and O–H groups in total. The van der Waals surface area contributed by atoms with Crippen molar-refractivity contribution < 1.29 is 4.79 Å². The molecule has 0 saturated carbocycles. The van der Waals surface area contributed by atoms with Crippen molar-refractivity contribution in [1.82, 2.24) is 20.1 Å². The fraction of sp³-hybridized carbons (Fsp3) is 0.211. The number of carbonyl (C=O) groups excluding carboxylic acids is 1. The van der Waals surface area contributed by atoms with Crippen LogP contribution < -0.4 is 5.32 Å². The van der Waals surface area contributed by atoms with E-state index in [2.05, 4.69) is 29.2 Å². The van der Waals surface area contributed by atoms with Crippen molar-refractivity contribution >= 4 is 5.91 Å². The summed E-state index contributed by atoms with van der Waals surface area (Å²) in [5.74, 6) is -0.129. The Hall–Kier alpha value is -2.95. The van der Waals surface area contributed by atoms with Crippen molar-refractivity contribution in [2.45, 2.75) is 26.4 Å². The Morgan fingerprint density at radius 1 is 1.12 bits per heavy atom. The maximum atomic E-state index is 12.2. The summed E-state index contributed by atoms with van der Waals surface area (Å²) in [6.07, 6.45) is 5.35. The van der Waals surface area contributed by atoms with Gasteiger partial charge < -0.3 is 5.32 Å². The normalized spacial score (nSPS) is 10.8. The Labute approximate surface area is 141 Å². The molecule has 0 bridgehead atoms. The maximum Gasteiger partial charge on any atom is 0.253 e. The van der Waals surface area contributed by atoms with Gasteiger partial charge in [0, 0.05) is 30.5 Å². The third-order valence-corrected chi connectivity index (χ3v) is 3.75. The molecule has 0 radical (unpaired) electrons. The van der Waals surface area contributed by atoms with Crippen LogP contribution in [-0.2, 0) is 6.54 Å². The van der Waals surface area contributed by atoms with E-state index >= 15 is 0 Å². The minimum Gasteiger partial charge on any atom is -0.348 e. The molecule has 0 spiro atoms. The van der Waals surface area contributed by atoms with Crippen LogP contribution in [0.1, 0.15) is 35.8 Å². The summed E-state index contributed by atoms with van der Waals surface area (Å²) in [5, 5.41) is 7.21. The van der Waals surface area contributed by atoms with Gasteiger partial charge in [0.05, 0.1) is 17.5 Å². The van der Waals surface area contributed by atoms with Crippen molar-refractivity contribution in [2.24, 2.45) is 0 Å². The van der Waals surface area contributed by atoms with Gasteiger partial charge in [0.2, 0.25) is 0 Å². The topological polar surface area (TPSA) is 59.8 Å². The molecule has 122 valence electrons. The van der Waals surface area contributed by atoms with E-state index in [1.54, 1.807) is 18.5 Å². The van der Waals surface area contributed by atoms with Crippen LogP contribution in [0, 0.1) is 0 Å². The molecule has 1 aromatic carbocycles. The molecule has 0 saturated heterocycles. The molecule has 3 aromatic rings. The highest BCUT2D eigenvalue weighted by molar-refractivity contribution is 5.94. The molecule has 5 heteroatoms. The van der Waals surface area contributed by atoms with Crippen LogP contribution in [0.5, 0.6) is 0 Å². The predicted molar refractivity (Wildman–Crippen MR) is 93.5 cm³/mol. The van der Waals surface area contributed by atoms with Crippen LogP contribution in [0.4, 0.5) is 0 Å². The Morgan fingerprint density at radius 2 is 1.92 bits per heavy atom. The van der Waals surface area contributed by atoms with Crippen LogP contribution in [-0.4, -0.2) is 20.7 Å². The van der Waals surface area contributed by atoms with E-state index in [0.717, 1.165) is 16.8 Å². The van der Waals surface area contributed by atoms with Crippen molar-refractivity contribution in [3.05, 3.63) is 72.2 Å². The second-order valence-electron chi connectivity index (χ2n) is 5.90. The smallest absolute Gasteiger partial charge is 0.253 e. The molecule has 24 heavy (non-hydrogen) atoms. The zero-order chi connectivity index (χ0) is 16.9. The zero-order valence-electron chi connectivity index (χ0n) is 13.8. The Kier molecular flexibility index (Phi) is 4.70. The molecule has 3 rings (SSSR count). The van der Waals surface area contributed by atoms with Gasteiger partial charge in [0.25, 0.3) is 5.91 Å². The van der Waals surface area contributed by atoms with Crippen molar-refractivity contribution in [3.63, 3.8) is 0 Å². The first-order valence-corrected chi connectivity index (χ1v) is 7.96. The summed E-state index contributed by atoms with van der Waals surface area (Å²) in [6.45, 7) is 4.65. The van der Waals surface area contributed by atoms with Crippen LogP contribution >= 0.6 is 0 Å². The lowest BCUT2D eigenvalue weighted by atomic mass is 10.2. The molecule has 0 unspecified atom stereocenters. The SMILES string of the molecule is CC(C)n1cc(-c2ccc(C(=O)NCc3ccccc3)cn2)cn1. The van der Waals surface area contributed by atoms with Gasteiger partial charge in [-0.05, 0) is 31.5 Å². The number of hydrogen-bond acceptors (Lipinski definition) is 3. The third kappa shape index (κ3) is 3.68. The highest BCUT2D eigenvalue weighted by atomic mass is 16.1. The van der Waals surface area contributed by atoms with Gasteiger partial charge in [-0.3, -0.25) is 14.5 Å². The fourth-order valence-corrected chi connectivity index (χ4v) is 2.33. The van der Waals surface area contributed by atoms with E-state index in [0.29, 0.717) is 18.2 Å². The molecule has 0 aliphatic heterocycles. The van der Waals surface area contributed by atoms with E-state index in [-0.39, 0.29) is 5.91 Å². The van der Waals surface area contributed by atoms with Gasteiger partial charge >= 0.3 is 0 Å². The second-order valence-corrected chi connectivity index (χ2v) is 5.90. The number of amides is 1. The standard InChI is InChI=1S/C19H20N4O/c1-14(2)23-13-17(12-22-23)18-9-8-16(11-20-18)19(24)21-10-15-6-4-3-5-7-15/h3-9,11-14H,10H2,1-2H3,(H,21,24). The maximum absolute atomic E-state index is 12.2. The molecule has 2 aromatic heterocycles. The Bertz CT molecular complexity index is 807. The minimum atomic E-state index is -0.129. The molecule has 0 aliphatic carbocycles. The number of hydrogen-bond donors (Lipinski definition) is 1. The van der Waals surface area contributed by atoms with Gasteiger partial charge in [-0.2, -0.15) is 5.10 Å². The van der Waals surface area contributed by atoms with Crippen molar-refractivity contribution in [1.29, 1.82) is 0 Å². The average molecular weight is 320 g/mol. The van der Waals surface area contributed by atoms with Crippen LogP contribution in [0.2, 0.25) is 0 Å². The summed E-state index contributed by atoms with van der Waals surface area (Å²) in [7, 11) is 0. The Balaban J connectivity index is 1.66. The number of nitrogens with zero attached hydrogens (tertiary/aromatic N) is 3. The lowest BCUT2D eigenvalue weighted by Gasteiger charge is -2.06. The molecule has 5 nitrogen and oxygen atoms in total. The minimum absolute atomic E-state index is 0.129. The van der Waals surface area contributed by atoms with Gasteiger partial charge in [-0.15, -0.1) is 0 Å². The molecular formula is C19H20N4O. The predicted octanol–water partition coefficient (Wildman–Crippen LogP) is 3.46. The molecular weight excluding hydrogens is 300 g/mol. The van der Waals surface area contributed by atoms with E-state index in [4.69, 9.17) is 0 Å². The lowest BCUT2D eigenvalue weighted by Crippen LogP contribution is -2.22. The summed E-state index contributed by atoms with van der Waals surface area (Å²) < 4.78 is 1.89. The summed E-state index contributed by atoms with van der Waals surface area (Å²) in [5.41, 5.74) is 3.36. The van der Waals surface area contributed by atoms with Crippen molar-refractivity contribution in [3.8, 4) is 11.3 Å². The van der Waals surface area contributed by atoms with E-state index in [1.807, 2.05) is 47.3 Å². The average Bonchev–Trinajstić information content (AvgIpc) is 3.11. The zero-order valence-corrected chi connectivity index (χ0v) is 13.8. The quantitative estimate of drug-likeness (QED) is 0.783. The number of aromatic nitrogens is 3. The summed E-state index contributed by atoms with van der Waals surface area (Å²) in [6, 6.07) is 13.8. The first-order chi connectivity index (χ1) is 11.6. The number of pyridine rings is 1. The first-order valence-electron chi connectivity index (χ1n) is 7.96. The molecule has 1 amide bonds. The summed E-state index contributed by atoms with van der Waals surface area (Å²) in [4.78, 5) is 16.6. The van der Waals surface area contributed by atoms with Gasteiger partial charge in [-0.25, -0.2) is 0 Å². The summed E-state index contributed by atoms with van der Waals surface area (Å²) >= 11 is 0. The van der Waals surface area contributed by atoms with Crippen molar-refractivity contribution in [2.75, 3.05) is 0 Å². The lowest BCUT2D eigenvalue weighted by molar-refractivity contribution is 0.0950.